The topological polar surface area (TPSA) is 66.3 Å². The van der Waals surface area contributed by atoms with E-state index in [-0.39, 0.29) is 5.91 Å². The summed E-state index contributed by atoms with van der Waals surface area (Å²) in [4.78, 5) is 23.5. The third-order valence-corrected chi connectivity index (χ3v) is 6.69. The van der Waals surface area contributed by atoms with E-state index in [0.717, 1.165) is 58.8 Å². The normalized spacial score (nSPS) is 14.8. The number of nitrogens with one attached hydrogen (secondary N) is 1. The number of aryl methyl sites for hydroxylation is 1. The average molecular weight is 394 g/mol. The summed E-state index contributed by atoms with van der Waals surface area (Å²) in [7, 11) is 0. The Morgan fingerprint density at radius 2 is 2.04 bits per heavy atom. The first kappa shape index (κ1) is 17.4. The number of amides is 1. The van der Waals surface area contributed by atoms with Crippen LogP contribution in [-0.2, 0) is 0 Å². The van der Waals surface area contributed by atoms with Crippen LogP contribution in [0.4, 0.5) is 0 Å². The van der Waals surface area contributed by atoms with Gasteiger partial charge in [0.2, 0.25) is 0 Å². The molecule has 0 spiro atoms. The number of likely N-dealkylation sites (tertiary alicyclic amines) is 1. The van der Waals surface area contributed by atoms with E-state index < -0.39 is 0 Å². The lowest BCUT2D eigenvalue weighted by Gasteiger charge is -2.13. The van der Waals surface area contributed by atoms with Crippen molar-refractivity contribution in [2.75, 3.05) is 13.1 Å². The van der Waals surface area contributed by atoms with E-state index in [4.69, 9.17) is 0 Å². The van der Waals surface area contributed by atoms with Crippen LogP contribution in [0, 0.1) is 6.92 Å². The van der Waals surface area contributed by atoms with Crippen LogP contribution in [0.1, 0.15) is 53.4 Å². The molecule has 1 N–H and O–H groups in total. The van der Waals surface area contributed by atoms with Gasteiger partial charge in [-0.2, -0.15) is 5.10 Å². The third-order valence-electron chi connectivity index (χ3n) is 5.53. The first-order valence-electron chi connectivity index (χ1n) is 9.78. The number of aromatic nitrogens is 4. The van der Waals surface area contributed by atoms with Gasteiger partial charge in [0, 0.05) is 24.8 Å². The number of carbonyl (C=O) groups is 1. The first-order chi connectivity index (χ1) is 13.5. The summed E-state index contributed by atoms with van der Waals surface area (Å²) in [5.41, 5.74) is 6.48. The lowest BCUT2D eigenvalue weighted by molar-refractivity contribution is 0.0797. The van der Waals surface area contributed by atoms with Crippen LogP contribution in [0.25, 0.3) is 27.1 Å². The molecule has 0 radical (unpaired) electrons. The highest BCUT2D eigenvalue weighted by Gasteiger charge is 2.25. The smallest absolute Gasteiger partial charge is 0.264 e. The summed E-state index contributed by atoms with van der Waals surface area (Å²) in [5, 5.41) is 4.31. The van der Waals surface area contributed by atoms with Crippen molar-refractivity contribution in [1.82, 2.24) is 24.5 Å². The molecule has 0 saturated carbocycles. The van der Waals surface area contributed by atoms with Crippen LogP contribution in [0.3, 0.4) is 0 Å². The fourth-order valence-electron chi connectivity index (χ4n) is 4.19. The average Bonchev–Trinajstić information content (AvgIpc) is 3.41. The molecule has 0 aromatic carbocycles. The maximum Gasteiger partial charge on any atom is 0.264 e. The number of hydrogen-bond donors (Lipinski definition) is 1. The summed E-state index contributed by atoms with van der Waals surface area (Å²) in [6.07, 6.45) is 5.83. The van der Waals surface area contributed by atoms with Gasteiger partial charge in [-0.3, -0.25) is 4.79 Å². The Morgan fingerprint density at radius 3 is 2.79 bits per heavy atom. The highest BCUT2D eigenvalue weighted by Crippen LogP contribution is 2.40. The minimum absolute atomic E-state index is 0.170. The van der Waals surface area contributed by atoms with Crippen molar-refractivity contribution in [2.45, 2.75) is 39.5 Å². The number of thiophene rings is 1. The summed E-state index contributed by atoms with van der Waals surface area (Å²) in [5.74, 6) is 0.507. The number of nitrogens with zero attached hydrogens (tertiary/aromatic N) is 4. The highest BCUT2D eigenvalue weighted by molar-refractivity contribution is 7.21. The van der Waals surface area contributed by atoms with Crippen molar-refractivity contribution in [3.05, 3.63) is 40.7 Å². The second kappa shape index (κ2) is 6.44. The SMILES string of the molecule is Cc1cc(-c2[nH]c3cc(C(=O)N4CCCC4)sc3c2C(C)C)cn2ncnc12. The second-order valence-corrected chi connectivity index (χ2v) is 8.91. The predicted octanol–water partition coefficient (Wildman–Crippen LogP) is 4.61. The van der Waals surface area contributed by atoms with Crippen LogP contribution in [-0.4, -0.2) is 43.5 Å². The third kappa shape index (κ3) is 2.64. The Bertz CT molecular complexity index is 1190. The fourth-order valence-corrected chi connectivity index (χ4v) is 5.47. The number of carbonyl (C=O) groups excluding carboxylic acids is 1. The molecule has 6 nitrogen and oxygen atoms in total. The van der Waals surface area contributed by atoms with Gasteiger partial charge in [-0.1, -0.05) is 13.8 Å². The standard InChI is InChI=1S/C21H23N5OS/c1-12(2)17-18(14-8-13(3)20-22-11-23-26(20)10-14)24-15-9-16(28-19(15)17)21(27)25-6-4-5-7-25/h8-12,24H,4-7H2,1-3H3. The largest absolute Gasteiger partial charge is 0.354 e. The van der Waals surface area contributed by atoms with E-state index in [9.17, 15) is 4.79 Å². The molecular weight excluding hydrogens is 370 g/mol. The number of hydrogen-bond acceptors (Lipinski definition) is 4. The van der Waals surface area contributed by atoms with Gasteiger partial charge in [0.25, 0.3) is 5.91 Å². The quantitative estimate of drug-likeness (QED) is 0.553. The molecular formula is C21H23N5OS. The summed E-state index contributed by atoms with van der Waals surface area (Å²) >= 11 is 1.61. The zero-order valence-corrected chi connectivity index (χ0v) is 17.1. The molecule has 1 amide bonds. The van der Waals surface area contributed by atoms with Crippen LogP contribution in [0.5, 0.6) is 0 Å². The lowest BCUT2D eigenvalue weighted by Crippen LogP contribution is -2.26. The Kier molecular flexibility index (Phi) is 4.01. The van der Waals surface area contributed by atoms with Crippen LogP contribution in [0.2, 0.25) is 0 Å². The minimum Gasteiger partial charge on any atom is -0.354 e. The molecule has 1 aliphatic rings. The Morgan fingerprint density at radius 1 is 1.25 bits per heavy atom. The van der Waals surface area contributed by atoms with Crippen LogP contribution >= 0.6 is 11.3 Å². The molecule has 5 rings (SSSR count). The molecule has 1 fully saturated rings. The molecule has 7 heteroatoms. The number of aromatic amines is 1. The number of H-pyrrole nitrogens is 1. The van der Waals surface area contributed by atoms with Crippen molar-refractivity contribution in [3.8, 4) is 11.3 Å². The number of pyridine rings is 1. The molecule has 0 aliphatic carbocycles. The van der Waals surface area contributed by atoms with Crippen LogP contribution < -0.4 is 0 Å². The van der Waals surface area contributed by atoms with Gasteiger partial charge >= 0.3 is 0 Å². The lowest BCUT2D eigenvalue weighted by atomic mass is 9.99. The van der Waals surface area contributed by atoms with Gasteiger partial charge in [0.05, 0.1) is 20.8 Å². The molecule has 4 aromatic rings. The van der Waals surface area contributed by atoms with Crippen molar-refractivity contribution >= 4 is 33.1 Å². The van der Waals surface area contributed by atoms with E-state index in [1.807, 2.05) is 21.7 Å². The van der Waals surface area contributed by atoms with E-state index >= 15 is 0 Å². The second-order valence-electron chi connectivity index (χ2n) is 7.86. The van der Waals surface area contributed by atoms with E-state index in [1.54, 1.807) is 17.7 Å². The molecule has 144 valence electrons. The molecule has 0 bridgehead atoms. The zero-order chi connectivity index (χ0) is 19.4. The van der Waals surface area contributed by atoms with E-state index in [0.29, 0.717) is 5.92 Å². The molecule has 5 heterocycles. The Balaban J connectivity index is 1.63. The predicted molar refractivity (Wildman–Crippen MR) is 112 cm³/mol. The van der Waals surface area contributed by atoms with E-state index in [1.165, 1.54) is 10.3 Å². The molecule has 0 unspecified atom stereocenters. The summed E-state index contributed by atoms with van der Waals surface area (Å²) < 4.78 is 3.01. The highest BCUT2D eigenvalue weighted by atomic mass is 32.1. The summed E-state index contributed by atoms with van der Waals surface area (Å²) in [6.45, 7) is 8.22. The van der Waals surface area contributed by atoms with Crippen molar-refractivity contribution < 1.29 is 4.79 Å². The summed E-state index contributed by atoms with van der Waals surface area (Å²) in [6, 6.07) is 4.18. The number of rotatable bonds is 3. The van der Waals surface area contributed by atoms with Gasteiger partial charge in [0.1, 0.15) is 6.33 Å². The fraction of sp³-hybridized carbons (Fsp3) is 0.381. The van der Waals surface area contributed by atoms with Crippen molar-refractivity contribution in [2.24, 2.45) is 0 Å². The van der Waals surface area contributed by atoms with Gasteiger partial charge in [0.15, 0.2) is 5.65 Å². The molecule has 4 aromatic heterocycles. The van der Waals surface area contributed by atoms with Gasteiger partial charge in [-0.15, -0.1) is 11.3 Å². The van der Waals surface area contributed by atoms with Gasteiger partial charge < -0.3 is 9.88 Å². The minimum atomic E-state index is 0.170. The van der Waals surface area contributed by atoms with Gasteiger partial charge in [-0.05, 0) is 48.9 Å². The molecule has 28 heavy (non-hydrogen) atoms. The monoisotopic (exact) mass is 393 g/mol. The maximum absolute atomic E-state index is 12.8. The number of fused-ring (bicyclic) bond motifs is 2. The van der Waals surface area contributed by atoms with Gasteiger partial charge in [-0.25, -0.2) is 9.50 Å². The molecule has 0 atom stereocenters. The van der Waals surface area contributed by atoms with E-state index in [2.05, 4.69) is 41.9 Å². The Labute approximate surface area is 167 Å². The van der Waals surface area contributed by atoms with Crippen molar-refractivity contribution in [1.29, 1.82) is 0 Å². The Hall–Kier alpha value is -2.67. The zero-order valence-electron chi connectivity index (χ0n) is 16.3. The molecule has 1 aliphatic heterocycles. The van der Waals surface area contributed by atoms with Crippen LogP contribution in [0.15, 0.2) is 24.7 Å². The van der Waals surface area contributed by atoms with Crippen molar-refractivity contribution in [3.63, 3.8) is 0 Å². The maximum atomic E-state index is 12.8. The first-order valence-corrected chi connectivity index (χ1v) is 10.6. The molecule has 1 saturated heterocycles.